The molecule has 31 heavy (non-hydrogen) atoms. The van der Waals surface area contributed by atoms with E-state index in [1.165, 1.54) is 12.3 Å². The van der Waals surface area contributed by atoms with Crippen LogP contribution in [0.3, 0.4) is 0 Å². The number of rotatable bonds is 7. The number of alkyl halides is 2. The van der Waals surface area contributed by atoms with Gasteiger partial charge in [-0.05, 0) is 24.1 Å². The van der Waals surface area contributed by atoms with Crippen molar-refractivity contribution in [1.82, 2.24) is 4.57 Å². The Kier molecular flexibility index (Phi) is 5.70. The topological polar surface area (TPSA) is 81.0 Å². The van der Waals surface area contributed by atoms with Gasteiger partial charge in [0, 0.05) is 57.5 Å². The Balaban J connectivity index is 1.76. The highest BCUT2D eigenvalue weighted by Gasteiger charge is 2.39. The molecular weight excluding hydrogens is 410 g/mol. The Morgan fingerprint density at radius 2 is 2.03 bits per heavy atom. The number of ether oxygens (including phenoxy) is 2. The van der Waals surface area contributed by atoms with Gasteiger partial charge in [0.1, 0.15) is 11.3 Å². The van der Waals surface area contributed by atoms with E-state index in [-0.39, 0.29) is 18.5 Å². The smallest absolute Gasteiger partial charge is 0.341 e. The zero-order valence-corrected chi connectivity index (χ0v) is 17.2. The Labute approximate surface area is 177 Å². The lowest BCUT2D eigenvalue weighted by atomic mass is 9.95. The van der Waals surface area contributed by atoms with Crippen LogP contribution in [0, 0.1) is 0 Å². The molecule has 4 rings (SSSR count). The van der Waals surface area contributed by atoms with Crippen LogP contribution in [0.2, 0.25) is 0 Å². The lowest BCUT2D eigenvalue weighted by Crippen LogP contribution is -2.26. The summed E-state index contributed by atoms with van der Waals surface area (Å²) in [5, 5.41) is 9.24. The quantitative estimate of drug-likeness (QED) is 0.675. The molecule has 0 atom stereocenters. The lowest BCUT2D eigenvalue weighted by Gasteiger charge is -2.28. The van der Waals surface area contributed by atoms with Crippen molar-refractivity contribution in [2.75, 3.05) is 38.3 Å². The molecule has 0 unspecified atom stereocenters. The highest BCUT2D eigenvalue weighted by molar-refractivity contribution is 5.88. The van der Waals surface area contributed by atoms with Crippen LogP contribution in [0.1, 0.15) is 28.8 Å². The van der Waals surface area contributed by atoms with Gasteiger partial charge in [-0.2, -0.15) is 0 Å². The molecule has 2 aliphatic rings. The number of halogens is 2. The molecule has 1 aromatic carbocycles. The standard InChI is InChI=1S/C22H24F2N2O5/c1-30-7-2-8-31-20-9-14-3-5-25-12-16(21(28)29)19(27)11-17(25)15(14)10-18(20)26-6-4-22(23,24)13-26/h9-12H,2-8,13H2,1H3,(H,28,29). The fraction of sp³-hybridized carbons (Fsp3) is 0.455. The average Bonchev–Trinajstić information content (AvgIpc) is 3.09. The Morgan fingerprint density at radius 3 is 2.71 bits per heavy atom. The van der Waals surface area contributed by atoms with Crippen molar-refractivity contribution >= 4 is 11.7 Å². The van der Waals surface area contributed by atoms with Crippen LogP contribution >= 0.6 is 0 Å². The van der Waals surface area contributed by atoms with Gasteiger partial charge in [0.25, 0.3) is 5.92 Å². The third-order valence-electron chi connectivity index (χ3n) is 5.70. The maximum atomic E-state index is 13.9. The van der Waals surface area contributed by atoms with Gasteiger partial charge in [-0.25, -0.2) is 13.6 Å². The molecule has 0 spiro atoms. The number of methoxy groups -OCH3 is 1. The van der Waals surface area contributed by atoms with Gasteiger partial charge in [-0.3, -0.25) is 4.79 Å². The first-order valence-electron chi connectivity index (χ1n) is 10.2. The fourth-order valence-corrected chi connectivity index (χ4v) is 4.14. The molecule has 2 aromatic rings. The van der Waals surface area contributed by atoms with E-state index < -0.39 is 23.9 Å². The van der Waals surface area contributed by atoms with Crippen LogP contribution in [0.4, 0.5) is 14.5 Å². The first kappa shape index (κ1) is 21.3. The first-order valence-corrected chi connectivity index (χ1v) is 10.2. The third kappa shape index (κ3) is 4.27. The molecule has 1 N–H and O–H groups in total. The normalized spacial score (nSPS) is 16.7. The Bertz CT molecular complexity index is 1070. The second kappa shape index (κ2) is 8.30. The van der Waals surface area contributed by atoms with E-state index in [1.54, 1.807) is 22.6 Å². The summed E-state index contributed by atoms with van der Waals surface area (Å²) in [6, 6.07) is 4.95. The maximum absolute atomic E-state index is 13.9. The van der Waals surface area contributed by atoms with E-state index in [1.807, 2.05) is 6.07 Å². The summed E-state index contributed by atoms with van der Waals surface area (Å²) in [5.41, 5.74) is 1.92. The molecular formula is C22H24F2N2O5. The predicted octanol–water partition coefficient (Wildman–Crippen LogP) is 3.03. The molecule has 166 valence electrons. The van der Waals surface area contributed by atoms with Crippen molar-refractivity contribution in [3.05, 3.63) is 45.7 Å². The van der Waals surface area contributed by atoms with Crippen LogP contribution < -0.4 is 15.1 Å². The van der Waals surface area contributed by atoms with Crippen LogP contribution in [-0.4, -0.2) is 55.0 Å². The molecule has 1 aromatic heterocycles. The number of anilines is 1. The van der Waals surface area contributed by atoms with E-state index in [4.69, 9.17) is 9.47 Å². The van der Waals surface area contributed by atoms with Crippen LogP contribution in [-0.2, 0) is 17.7 Å². The van der Waals surface area contributed by atoms with E-state index >= 15 is 0 Å². The second-order valence-electron chi connectivity index (χ2n) is 7.88. The minimum absolute atomic E-state index is 0.199. The summed E-state index contributed by atoms with van der Waals surface area (Å²) in [4.78, 5) is 25.2. The van der Waals surface area contributed by atoms with Crippen molar-refractivity contribution in [2.45, 2.75) is 31.7 Å². The van der Waals surface area contributed by atoms with Gasteiger partial charge in [0.05, 0.1) is 24.5 Å². The van der Waals surface area contributed by atoms with Gasteiger partial charge >= 0.3 is 5.97 Å². The number of hydrogen-bond acceptors (Lipinski definition) is 5. The number of aromatic carboxylic acids is 1. The number of aryl methyl sites for hydroxylation is 2. The summed E-state index contributed by atoms with van der Waals surface area (Å²) >= 11 is 0. The van der Waals surface area contributed by atoms with E-state index in [2.05, 4.69) is 0 Å². The number of carboxylic acids is 1. The minimum atomic E-state index is -2.77. The monoisotopic (exact) mass is 434 g/mol. The molecule has 1 fully saturated rings. The van der Waals surface area contributed by atoms with Crippen molar-refractivity contribution in [3.63, 3.8) is 0 Å². The number of hydrogen-bond donors (Lipinski definition) is 1. The molecule has 0 bridgehead atoms. The minimum Gasteiger partial charge on any atom is -0.491 e. The maximum Gasteiger partial charge on any atom is 0.341 e. The fourth-order valence-electron chi connectivity index (χ4n) is 4.14. The predicted molar refractivity (Wildman–Crippen MR) is 111 cm³/mol. The van der Waals surface area contributed by atoms with Gasteiger partial charge in [-0.15, -0.1) is 0 Å². The van der Waals surface area contributed by atoms with Gasteiger partial charge < -0.3 is 24.0 Å². The largest absolute Gasteiger partial charge is 0.491 e. The highest BCUT2D eigenvalue weighted by atomic mass is 19.3. The summed E-state index contributed by atoms with van der Waals surface area (Å²) in [7, 11) is 1.60. The summed E-state index contributed by atoms with van der Waals surface area (Å²) in [6.45, 7) is 1.23. The van der Waals surface area contributed by atoms with Crippen LogP contribution in [0.15, 0.2) is 29.2 Å². The average molecular weight is 434 g/mol. The molecule has 0 amide bonds. The molecule has 0 radical (unpaired) electrons. The van der Waals surface area contributed by atoms with E-state index in [0.717, 1.165) is 11.1 Å². The van der Waals surface area contributed by atoms with Crippen molar-refractivity contribution in [3.8, 4) is 17.0 Å². The number of nitrogens with zero attached hydrogens (tertiary/aromatic N) is 2. The summed E-state index contributed by atoms with van der Waals surface area (Å²) in [6.07, 6.45) is 2.39. The van der Waals surface area contributed by atoms with Crippen molar-refractivity contribution in [2.24, 2.45) is 0 Å². The van der Waals surface area contributed by atoms with Crippen molar-refractivity contribution in [1.29, 1.82) is 0 Å². The molecule has 1 saturated heterocycles. The highest BCUT2D eigenvalue weighted by Crippen LogP contribution is 2.42. The summed E-state index contributed by atoms with van der Waals surface area (Å²) < 4.78 is 40.5. The van der Waals surface area contributed by atoms with Gasteiger partial charge in [0.15, 0.2) is 5.43 Å². The number of carbonyl (C=O) groups is 1. The number of pyridine rings is 1. The number of fused-ring (bicyclic) bond motifs is 3. The zero-order chi connectivity index (χ0) is 22.2. The van der Waals surface area contributed by atoms with Crippen LogP contribution in [0.25, 0.3) is 11.3 Å². The molecule has 3 heterocycles. The number of benzene rings is 1. The van der Waals surface area contributed by atoms with E-state index in [9.17, 15) is 23.5 Å². The third-order valence-corrected chi connectivity index (χ3v) is 5.70. The van der Waals surface area contributed by atoms with Crippen molar-refractivity contribution < 1.29 is 28.2 Å². The summed E-state index contributed by atoms with van der Waals surface area (Å²) in [5.74, 6) is -3.51. The SMILES string of the molecule is COCCCOc1cc2c(cc1N1CCC(F)(F)C1)-c1cc(=O)c(C(=O)O)cn1CC2. The van der Waals surface area contributed by atoms with Gasteiger partial charge in [-0.1, -0.05) is 0 Å². The first-order chi connectivity index (χ1) is 14.8. The second-order valence-corrected chi connectivity index (χ2v) is 7.88. The number of carboxylic acid groups (broad SMARTS) is 1. The Hall–Kier alpha value is -2.94. The molecule has 7 nitrogen and oxygen atoms in total. The molecule has 2 aliphatic heterocycles. The zero-order valence-electron chi connectivity index (χ0n) is 17.2. The van der Waals surface area contributed by atoms with E-state index in [0.29, 0.717) is 49.7 Å². The molecule has 0 aliphatic carbocycles. The Morgan fingerprint density at radius 1 is 1.23 bits per heavy atom. The molecule has 0 saturated carbocycles. The lowest BCUT2D eigenvalue weighted by molar-refractivity contribution is 0.0257. The van der Waals surface area contributed by atoms with Crippen LogP contribution in [0.5, 0.6) is 5.75 Å². The van der Waals surface area contributed by atoms with Gasteiger partial charge in [0.2, 0.25) is 0 Å². The molecule has 9 heteroatoms. The number of aromatic nitrogens is 1.